The molecule has 0 bridgehead atoms. The van der Waals surface area contributed by atoms with E-state index in [0.29, 0.717) is 43.3 Å². The molecule has 13 heteroatoms. The smallest absolute Gasteiger partial charge is 0.429 e. The monoisotopic (exact) mass is 681 g/mol. The van der Waals surface area contributed by atoms with E-state index in [1.807, 2.05) is 30.3 Å². The van der Waals surface area contributed by atoms with Gasteiger partial charge in [0, 0.05) is 46.2 Å². The van der Waals surface area contributed by atoms with Gasteiger partial charge in [0.2, 0.25) is 5.91 Å². The molecular weight excluding hydrogens is 626 g/mol. The number of likely N-dealkylation sites (N-methyl/N-ethyl adjacent to an activating group) is 1. The van der Waals surface area contributed by atoms with E-state index in [0.717, 1.165) is 37.7 Å². The summed E-state index contributed by atoms with van der Waals surface area (Å²) in [5.74, 6) is -0.155. The Bertz CT molecular complexity index is 1330. The predicted molar refractivity (Wildman–Crippen MR) is 185 cm³/mol. The third-order valence-electron chi connectivity index (χ3n) is 9.69. The number of aliphatic hydroxyl groups is 1. The van der Waals surface area contributed by atoms with E-state index in [-0.39, 0.29) is 19.4 Å². The number of ether oxygens (including phenoxy) is 1. The number of hydrogen-bond acceptors (Lipinski definition) is 7. The Morgan fingerprint density at radius 1 is 1.02 bits per heavy atom. The summed E-state index contributed by atoms with van der Waals surface area (Å²) < 4.78 is 5.87. The summed E-state index contributed by atoms with van der Waals surface area (Å²) in [5.41, 5.74) is 1.35. The van der Waals surface area contributed by atoms with E-state index in [2.05, 4.69) is 34.4 Å². The number of amides is 5. The lowest BCUT2D eigenvalue weighted by Gasteiger charge is -2.35. The first-order valence-corrected chi connectivity index (χ1v) is 17.8. The molecular formula is C36H55N7O6. The number of nitrogens with one attached hydrogen (secondary N) is 3. The standard InChI is InChI=1S/C36H55N7O6/c1-25(2)16-17-31(44)29(20-26-12-7-5-8-13-26)40-33(45)30(22-28-23-38-24-39-28)41(4)34(46)32(21-27-14-9-6-10-15-27)49-36(48)43-19-11-18-42(43)35(47)37-3/h6,9-10,14-15,23-26,29-32,44H,5,7-8,11-13,16-22H2,1-4H3,(H,37,47)(H,38,39)(H,40,45)/t29?,30-,31?,32?/m0/s1. The van der Waals surface area contributed by atoms with Crippen molar-refractivity contribution >= 4 is 23.9 Å². The van der Waals surface area contributed by atoms with Crippen LogP contribution < -0.4 is 10.6 Å². The summed E-state index contributed by atoms with van der Waals surface area (Å²) >= 11 is 0. The number of aromatic nitrogens is 2. The molecule has 4 atom stereocenters. The third-order valence-corrected chi connectivity index (χ3v) is 9.69. The van der Waals surface area contributed by atoms with Crippen LogP contribution in [0.25, 0.3) is 0 Å². The zero-order chi connectivity index (χ0) is 35.3. The van der Waals surface area contributed by atoms with Crippen LogP contribution in [0.3, 0.4) is 0 Å². The second kappa shape index (κ2) is 18.6. The van der Waals surface area contributed by atoms with Crippen LogP contribution in [0, 0.1) is 11.8 Å². The van der Waals surface area contributed by atoms with Crippen LogP contribution in [-0.2, 0) is 27.2 Å². The quantitative estimate of drug-likeness (QED) is 0.221. The number of hydrogen-bond donors (Lipinski definition) is 4. The van der Waals surface area contributed by atoms with E-state index in [9.17, 15) is 24.3 Å². The summed E-state index contributed by atoms with van der Waals surface area (Å²) in [6.07, 6.45) is 8.80. The van der Waals surface area contributed by atoms with Crippen molar-refractivity contribution in [2.45, 2.75) is 109 Å². The van der Waals surface area contributed by atoms with Gasteiger partial charge in [0.25, 0.3) is 5.91 Å². The van der Waals surface area contributed by atoms with Crippen molar-refractivity contribution in [1.82, 2.24) is 35.5 Å². The van der Waals surface area contributed by atoms with Gasteiger partial charge in [-0.2, -0.15) is 0 Å². The molecule has 0 radical (unpaired) electrons. The van der Waals surface area contributed by atoms with Gasteiger partial charge >= 0.3 is 12.1 Å². The number of benzene rings is 1. The van der Waals surface area contributed by atoms with Crippen LogP contribution in [0.15, 0.2) is 42.9 Å². The minimum atomic E-state index is -1.28. The molecule has 1 aromatic carbocycles. The zero-order valence-electron chi connectivity index (χ0n) is 29.5. The fourth-order valence-electron chi connectivity index (χ4n) is 6.80. The maximum absolute atomic E-state index is 14.3. The fourth-order valence-corrected chi connectivity index (χ4v) is 6.80. The van der Waals surface area contributed by atoms with Gasteiger partial charge in [0.05, 0.1) is 24.2 Å². The lowest BCUT2D eigenvalue weighted by molar-refractivity contribution is -0.147. The minimum absolute atomic E-state index is 0.0680. The van der Waals surface area contributed by atoms with Gasteiger partial charge in [0.1, 0.15) is 6.04 Å². The highest BCUT2D eigenvalue weighted by Gasteiger charge is 2.39. The number of imidazole rings is 1. The first-order valence-electron chi connectivity index (χ1n) is 17.8. The summed E-state index contributed by atoms with van der Waals surface area (Å²) in [5, 5.41) is 19.5. The number of urea groups is 1. The lowest BCUT2D eigenvalue weighted by Crippen LogP contribution is -2.56. The fraction of sp³-hybridized carbons (Fsp3) is 0.639. The Morgan fingerprint density at radius 3 is 2.39 bits per heavy atom. The van der Waals surface area contributed by atoms with E-state index in [1.165, 1.54) is 41.8 Å². The number of carbonyl (C=O) groups is 4. The zero-order valence-corrected chi connectivity index (χ0v) is 29.5. The predicted octanol–water partition coefficient (Wildman–Crippen LogP) is 4.04. The number of hydrazine groups is 1. The van der Waals surface area contributed by atoms with Crippen LogP contribution in [0.4, 0.5) is 9.59 Å². The lowest BCUT2D eigenvalue weighted by atomic mass is 9.83. The van der Waals surface area contributed by atoms with Crippen LogP contribution in [0.5, 0.6) is 0 Å². The molecule has 2 fully saturated rings. The number of rotatable bonds is 15. The summed E-state index contributed by atoms with van der Waals surface area (Å²) in [7, 11) is 3.01. The van der Waals surface area contributed by atoms with E-state index in [1.54, 1.807) is 6.20 Å². The maximum atomic E-state index is 14.3. The molecule has 2 aliphatic rings. The third kappa shape index (κ3) is 10.9. The molecule has 1 aliphatic carbocycles. The number of aromatic amines is 1. The molecule has 13 nitrogen and oxygen atoms in total. The Morgan fingerprint density at radius 2 is 1.73 bits per heavy atom. The topological polar surface area (TPSA) is 160 Å². The van der Waals surface area contributed by atoms with Crippen molar-refractivity contribution in [3.8, 4) is 0 Å². The van der Waals surface area contributed by atoms with Crippen molar-refractivity contribution in [3.63, 3.8) is 0 Å². The Balaban J connectivity index is 1.58. The van der Waals surface area contributed by atoms with E-state index < -0.39 is 48.2 Å². The van der Waals surface area contributed by atoms with Crippen molar-refractivity contribution in [2.24, 2.45) is 11.8 Å². The molecule has 49 heavy (non-hydrogen) atoms. The van der Waals surface area contributed by atoms with E-state index >= 15 is 0 Å². The molecule has 1 saturated heterocycles. The summed E-state index contributed by atoms with van der Waals surface area (Å²) in [6, 6.07) is 7.27. The average molecular weight is 682 g/mol. The largest absolute Gasteiger partial charge is 0.434 e. The van der Waals surface area contributed by atoms with Gasteiger partial charge in [-0.25, -0.2) is 24.6 Å². The van der Waals surface area contributed by atoms with Gasteiger partial charge < -0.3 is 30.4 Å². The second-order valence-corrected chi connectivity index (χ2v) is 13.8. The Hall–Kier alpha value is -4.13. The number of H-pyrrole nitrogens is 1. The Labute approximate surface area is 290 Å². The molecule has 1 saturated carbocycles. The van der Waals surface area contributed by atoms with Gasteiger partial charge in [-0.3, -0.25) is 9.59 Å². The molecule has 1 aliphatic heterocycles. The molecule has 0 spiro atoms. The molecule has 1 aromatic heterocycles. The SMILES string of the molecule is CNC(=O)N1CCCN1C(=O)OC(Cc1ccccc1)C(=O)N(C)[C@@H](Cc1c[nH]cn1)C(=O)NC(CC1CCCCC1)C(O)CCC(C)C. The average Bonchev–Trinajstić information content (AvgIpc) is 3.82. The van der Waals surface area contributed by atoms with Gasteiger partial charge in [0.15, 0.2) is 6.10 Å². The van der Waals surface area contributed by atoms with Gasteiger partial charge in [-0.15, -0.1) is 0 Å². The highest BCUT2D eigenvalue weighted by atomic mass is 16.6. The number of aliphatic hydroxyl groups excluding tert-OH is 1. The van der Waals surface area contributed by atoms with Crippen molar-refractivity contribution in [1.29, 1.82) is 0 Å². The van der Waals surface area contributed by atoms with Crippen molar-refractivity contribution in [3.05, 3.63) is 54.1 Å². The van der Waals surface area contributed by atoms with Crippen molar-refractivity contribution < 1.29 is 29.0 Å². The maximum Gasteiger partial charge on any atom is 0.429 e. The molecule has 5 amide bonds. The van der Waals surface area contributed by atoms with Gasteiger partial charge in [-0.05, 0) is 43.1 Å². The van der Waals surface area contributed by atoms with Crippen LogP contribution in [0.2, 0.25) is 0 Å². The van der Waals surface area contributed by atoms with Crippen LogP contribution >= 0.6 is 0 Å². The summed E-state index contributed by atoms with van der Waals surface area (Å²) in [4.78, 5) is 63.0. The molecule has 4 N–H and O–H groups in total. The molecule has 2 aromatic rings. The first kappa shape index (κ1) is 37.7. The normalized spacial score (nSPS) is 17.7. The molecule has 4 rings (SSSR count). The highest BCUT2D eigenvalue weighted by molar-refractivity contribution is 5.91. The molecule has 2 heterocycles. The number of carbonyl (C=O) groups excluding carboxylic acids is 4. The highest BCUT2D eigenvalue weighted by Crippen LogP contribution is 2.29. The first-order chi connectivity index (χ1) is 23.6. The van der Waals surface area contributed by atoms with Gasteiger partial charge in [-0.1, -0.05) is 76.3 Å². The minimum Gasteiger partial charge on any atom is -0.434 e. The second-order valence-electron chi connectivity index (χ2n) is 13.8. The van der Waals surface area contributed by atoms with Crippen molar-refractivity contribution in [2.75, 3.05) is 27.2 Å². The van der Waals surface area contributed by atoms with Crippen LogP contribution in [-0.4, -0.2) is 105 Å². The Kier molecular flexibility index (Phi) is 14.3. The van der Waals surface area contributed by atoms with E-state index in [4.69, 9.17) is 4.74 Å². The van der Waals surface area contributed by atoms with Crippen LogP contribution in [0.1, 0.15) is 82.9 Å². The molecule has 3 unspecified atom stereocenters. The number of nitrogens with zero attached hydrogens (tertiary/aromatic N) is 4. The summed E-state index contributed by atoms with van der Waals surface area (Å²) in [6.45, 7) is 4.82. The molecule has 270 valence electrons.